The number of amides is 1. The van der Waals surface area contributed by atoms with Gasteiger partial charge in [0.2, 0.25) is 5.91 Å². The third kappa shape index (κ3) is 4.92. The van der Waals surface area contributed by atoms with E-state index in [1.807, 2.05) is 13.8 Å². The van der Waals surface area contributed by atoms with E-state index in [4.69, 9.17) is 9.84 Å². The summed E-state index contributed by atoms with van der Waals surface area (Å²) in [7, 11) is 1.57. The molecule has 0 radical (unpaired) electrons. The van der Waals surface area contributed by atoms with Gasteiger partial charge < -0.3 is 14.7 Å². The van der Waals surface area contributed by atoms with Crippen molar-refractivity contribution in [3.8, 4) is 0 Å². The van der Waals surface area contributed by atoms with Gasteiger partial charge in [0, 0.05) is 20.2 Å². The molecule has 5 nitrogen and oxygen atoms in total. The molecule has 0 heterocycles. The molecule has 0 aromatic carbocycles. The summed E-state index contributed by atoms with van der Waals surface area (Å²) in [6.45, 7) is 7.47. The molecule has 0 fully saturated rings. The molecule has 1 amide bonds. The van der Waals surface area contributed by atoms with Crippen LogP contribution in [0.4, 0.5) is 0 Å². The van der Waals surface area contributed by atoms with Gasteiger partial charge >= 0.3 is 0 Å². The molecule has 2 atom stereocenters. The maximum Gasteiger partial charge on any atom is 0.239 e. The Balaban J connectivity index is 4.21. The van der Waals surface area contributed by atoms with Crippen molar-refractivity contribution in [3.05, 3.63) is 0 Å². The van der Waals surface area contributed by atoms with Crippen LogP contribution in [0.1, 0.15) is 20.8 Å². The molecule has 0 spiro atoms. The molecule has 0 aromatic heterocycles. The molecule has 0 saturated heterocycles. The maximum atomic E-state index is 11.9. The highest BCUT2D eigenvalue weighted by Crippen LogP contribution is 1.97. The third-order valence-corrected chi connectivity index (χ3v) is 2.52. The van der Waals surface area contributed by atoms with E-state index in [2.05, 4.69) is 5.32 Å². The number of aliphatic hydroxyl groups excluding tert-OH is 1. The SMILES string of the molecule is CCN(CC)C(=O)C(C)NC(CO)COC. The van der Waals surface area contributed by atoms with Crippen LogP contribution in [0.3, 0.4) is 0 Å². The van der Waals surface area contributed by atoms with Gasteiger partial charge in [0.25, 0.3) is 0 Å². The molecule has 0 saturated carbocycles. The summed E-state index contributed by atoms with van der Waals surface area (Å²) >= 11 is 0. The van der Waals surface area contributed by atoms with E-state index < -0.39 is 0 Å². The van der Waals surface area contributed by atoms with E-state index in [1.54, 1.807) is 18.9 Å². The Labute approximate surface area is 97.8 Å². The number of nitrogens with zero attached hydrogens (tertiary/aromatic N) is 1. The summed E-state index contributed by atoms with van der Waals surface area (Å²) in [5.74, 6) is 0.0551. The topological polar surface area (TPSA) is 61.8 Å². The molecule has 16 heavy (non-hydrogen) atoms. The van der Waals surface area contributed by atoms with Gasteiger partial charge in [-0.15, -0.1) is 0 Å². The molecule has 0 rings (SSSR count). The van der Waals surface area contributed by atoms with Crippen molar-refractivity contribution in [1.29, 1.82) is 0 Å². The van der Waals surface area contributed by atoms with E-state index >= 15 is 0 Å². The first-order valence-corrected chi connectivity index (χ1v) is 5.75. The van der Waals surface area contributed by atoms with Crippen LogP contribution in [0.25, 0.3) is 0 Å². The Bertz CT molecular complexity index is 196. The van der Waals surface area contributed by atoms with Crippen LogP contribution < -0.4 is 5.32 Å². The van der Waals surface area contributed by atoms with Crippen LogP contribution in [0, 0.1) is 0 Å². The molecular formula is C11H24N2O3. The zero-order valence-electron chi connectivity index (χ0n) is 10.7. The predicted molar refractivity (Wildman–Crippen MR) is 63.3 cm³/mol. The van der Waals surface area contributed by atoms with E-state index in [0.717, 1.165) is 0 Å². The Hall–Kier alpha value is -0.650. The summed E-state index contributed by atoms with van der Waals surface area (Å²) < 4.78 is 4.94. The number of carbonyl (C=O) groups excluding carboxylic acids is 1. The summed E-state index contributed by atoms with van der Waals surface area (Å²) in [5, 5.41) is 12.1. The van der Waals surface area contributed by atoms with Crippen molar-refractivity contribution < 1.29 is 14.6 Å². The summed E-state index contributed by atoms with van der Waals surface area (Å²) in [5.41, 5.74) is 0. The molecule has 0 aliphatic heterocycles. The summed E-state index contributed by atoms with van der Waals surface area (Å²) in [6, 6.07) is -0.494. The lowest BCUT2D eigenvalue weighted by atomic mass is 10.2. The average Bonchev–Trinajstić information content (AvgIpc) is 2.29. The Kier molecular flexibility index (Phi) is 8.15. The molecule has 5 heteroatoms. The van der Waals surface area contributed by atoms with Gasteiger partial charge in [0.15, 0.2) is 0 Å². The Morgan fingerprint density at radius 1 is 1.44 bits per heavy atom. The lowest BCUT2D eigenvalue weighted by molar-refractivity contribution is -0.133. The molecule has 0 aliphatic rings. The number of nitrogens with one attached hydrogen (secondary N) is 1. The van der Waals surface area contributed by atoms with Crippen LogP contribution >= 0.6 is 0 Å². The molecule has 96 valence electrons. The predicted octanol–water partition coefficient (Wildman–Crippen LogP) is -0.160. The van der Waals surface area contributed by atoms with E-state index in [1.165, 1.54) is 0 Å². The molecule has 2 unspecified atom stereocenters. The zero-order chi connectivity index (χ0) is 12.6. The van der Waals surface area contributed by atoms with Crippen LogP contribution in [-0.2, 0) is 9.53 Å². The third-order valence-electron chi connectivity index (χ3n) is 2.52. The highest BCUT2D eigenvalue weighted by atomic mass is 16.5. The second-order valence-corrected chi connectivity index (χ2v) is 3.73. The Morgan fingerprint density at radius 2 is 2.00 bits per heavy atom. The first-order valence-electron chi connectivity index (χ1n) is 5.75. The summed E-state index contributed by atoms with van der Waals surface area (Å²) in [4.78, 5) is 13.7. The van der Waals surface area contributed by atoms with Gasteiger partial charge in [-0.1, -0.05) is 0 Å². The highest BCUT2D eigenvalue weighted by Gasteiger charge is 2.20. The lowest BCUT2D eigenvalue weighted by Crippen LogP contribution is -2.50. The minimum atomic E-state index is -0.299. The van der Waals surface area contributed by atoms with Gasteiger partial charge in [0.1, 0.15) is 0 Å². The van der Waals surface area contributed by atoms with Crippen LogP contribution in [-0.4, -0.2) is 61.4 Å². The normalized spacial score (nSPS) is 14.6. The van der Waals surface area contributed by atoms with Crippen molar-refractivity contribution in [3.63, 3.8) is 0 Å². The van der Waals surface area contributed by atoms with Gasteiger partial charge in [-0.2, -0.15) is 0 Å². The molecule has 0 bridgehead atoms. The molecule has 2 N–H and O–H groups in total. The summed E-state index contributed by atoms with van der Waals surface area (Å²) in [6.07, 6.45) is 0. The van der Waals surface area contributed by atoms with Crippen molar-refractivity contribution in [1.82, 2.24) is 10.2 Å². The molecular weight excluding hydrogens is 208 g/mol. The van der Waals surface area contributed by atoms with Gasteiger partial charge in [-0.25, -0.2) is 0 Å². The average molecular weight is 232 g/mol. The number of hydrogen-bond donors (Lipinski definition) is 2. The van der Waals surface area contributed by atoms with E-state index in [0.29, 0.717) is 19.7 Å². The first kappa shape index (κ1) is 15.3. The van der Waals surface area contributed by atoms with Crippen molar-refractivity contribution in [2.45, 2.75) is 32.9 Å². The molecule has 0 aromatic rings. The number of hydrogen-bond acceptors (Lipinski definition) is 4. The van der Waals surface area contributed by atoms with Crippen molar-refractivity contribution in [2.75, 3.05) is 33.4 Å². The molecule has 0 aliphatic carbocycles. The van der Waals surface area contributed by atoms with Crippen LogP contribution in [0.5, 0.6) is 0 Å². The number of aliphatic hydroxyl groups is 1. The largest absolute Gasteiger partial charge is 0.395 e. The first-order chi connectivity index (χ1) is 7.60. The van der Waals surface area contributed by atoms with Gasteiger partial charge in [-0.05, 0) is 20.8 Å². The lowest BCUT2D eigenvalue weighted by Gasteiger charge is -2.26. The fourth-order valence-electron chi connectivity index (χ4n) is 1.59. The zero-order valence-corrected chi connectivity index (χ0v) is 10.7. The van der Waals surface area contributed by atoms with Crippen molar-refractivity contribution >= 4 is 5.91 Å². The number of rotatable bonds is 8. The van der Waals surface area contributed by atoms with Gasteiger partial charge in [0.05, 0.1) is 25.3 Å². The number of carbonyl (C=O) groups is 1. The minimum Gasteiger partial charge on any atom is -0.395 e. The van der Waals surface area contributed by atoms with Gasteiger partial charge in [-0.3, -0.25) is 10.1 Å². The standard InChI is InChI=1S/C11H24N2O3/c1-5-13(6-2)11(15)9(3)12-10(7-14)8-16-4/h9-10,12,14H,5-8H2,1-4H3. The van der Waals surface area contributed by atoms with E-state index in [9.17, 15) is 4.79 Å². The smallest absolute Gasteiger partial charge is 0.239 e. The second kappa shape index (κ2) is 8.50. The highest BCUT2D eigenvalue weighted by molar-refractivity contribution is 5.81. The quantitative estimate of drug-likeness (QED) is 0.610. The fraction of sp³-hybridized carbons (Fsp3) is 0.909. The number of methoxy groups -OCH3 is 1. The monoisotopic (exact) mass is 232 g/mol. The van der Waals surface area contributed by atoms with Crippen LogP contribution in [0.15, 0.2) is 0 Å². The van der Waals surface area contributed by atoms with E-state index in [-0.39, 0.29) is 24.6 Å². The number of likely N-dealkylation sites (N-methyl/N-ethyl adjacent to an activating group) is 1. The fourth-order valence-corrected chi connectivity index (χ4v) is 1.59. The van der Waals surface area contributed by atoms with Crippen LogP contribution in [0.2, 0.25) is 0 Å². The maximum absolute atomic E-state index is 11.9. The minimum absolute atomic E-state index is 0.0380. The number of ether oxygens (including phenoxy) is 1. The Morgan fingerprint density at radius 3 is 2.38 bits per heavy atom. The van der Waals surface area contributed by atoms with Crippen molar-refractivity contribution in [2.24, 2.45) is 0 Å². The second-order valence-electron chi connectivity index (χ2n) is 3.73.